The number of amides is 1. The van der Waals surface area contributed by atoms with Crippen molar-refractivity contribution in [1.82, 2.24) is 14.3 Å². The normalized spacial score (nSPS) is 13.8. The molecule has 1 aliphatic rings. The van der Waals surface area contributed by atoms with Gasteiger partial charge in [-0.1, -0.05) is 12.1 Å². The van der Waals surface area contributed by atoms with Crippen molar-refractivity contribution in [3.63, 3.8) is 0 Å². The Bertz CT molecular complexity index is 1170. The lowest BCUT2D eigenvalue weighted by atomic mass is 10.1. The molecule has 3 heterocycles. The predicted molar refractivity (Wildman–Crippen MR) is 113 cm³/mol. The van der Waals surface area contributed by atoms with Crippen LogP contribution in [0, 0.1) is 0 Å². The second kappa shape index (κ2) is 8.97. The smallest absolute Gasteiger partial charge is 0.337 e. The summed E-state index contributed by atoms with van der Waals surface area (Å²) in [7, 11) is 1.33. The topological polar surface area (TPSA) is 102 Å². The standard InChI is InChI=1S/C22H22N4O5/c1-30-22(29)16-6-4-15(5-7-16)13-23-18-14-24-19-17(3-2-8-26(19)21(18)28)20(27)25-9-11-31-12-10-25/h2-8,14,23H,9-13H2,1H3. The molecule has 1 N–H and O–H groups in total. The Morgan fingerprint density at radius 1 is 1.16 bits per heavy atom. The van der Waals surface area contributed by atoms with Crippen molar-refractivity contribution >= 4 is 23.2 Å². The Hall–Kier alpha value is -3.72. The Kier molecular flexibility index (Phi) is 5.94. The molecule has 4 rings (SSSR count). The quantitative estimate of drug-likeness (QED) is 0.623. The minimum Gasteiger partial charge on any atom is -0.465 e. The van der Waals surface area contributed by atoms with Crippen LogP contribution in [-0.4, -0.2) is 59.6 Å². The summed E-state index contributed by atoms with van der Waals surface area (Å²) in [5.41, 5.74) is 2.05. The van der Waals surface area contributed by atoms with Gasteiger partial charge in [-0.15, -0.1) is 0 Å². The van der Waals surface area contributed by atoms with Crippen LogP contribution in [0.4, 0.5) is 5.69 Å². The molecule has 0 radical (unpaired) electrons. The number of carbonyl (C=O) groups is 2. The number of nitrogens with one attached hydrogen (secondary N) is 1. The number of aromatic nitrogens is 2. The zero-order chi connectivity index (χ0) is 21.8. The highest BCUT2D eigenvalue weighted by atomic mass is 16.5. The number of esters is 1. The number of anilines is 1. The summed E-state index contributed by atoms with van der Waals surface area (Å²) in [6, 6.07) is 10.2. The summed E-state index contributed by atoms with van der Waals surface area (Å²) in [5, 5.41) is 3.07. The van der Waals surface area contributed by atoms with Crippen molar-refractivity contribution in [2.45, 2.75) is 6.54 Å². The monoisotopic (exact) mass is 422 g/mol. The lowest BCUT2D eigenvalue weighted by Gasteiger charge is -2.27. The maximum absolute atomic E-state index is 12.9. The first kappa shape index (κ1) is 20.5. The number of methoxy groups -OCH3 is 1. The van der Waals surface area contributed by atoms with Crippen LogP contribution in [-0.2, 0) is 16.0 Å². The molecular formula is C22H22N4O5. The van der Waals surface area contributed by atoms with Crippen molar-refractivity contribution in [2.75, 3.05) is 38.7 Å². The number of ether oxygens (including phenoxy) is 2. The number of carbonyl (C=O) groups excluding carboxylic acids is 2. The maximum Gasteiger partial charge on any atom is 0.337 e. The largest absolute Gasteiger partial charge is 0.465 e. The van der Waals surface area contributed by atoms with Crippen LogP contribution in [0.5, 0.6) is 0 Å². The van der Waals surface area contributed by atoms with Gasteiger partial charge in [0.25, 0.3) is 11.5 Å². The molecule has 9 heteroatoms. The van der Waals surface area contributed by atoms with Crippen LogP contribution in [0.25, 0.3) is 5.65 Å². The van der Waals surface area contributed by atoms with Gasteiger partial charge in [0.2, 0.25) is 0 Å². The average Bonchev–Trinajstić information content (AvgIpc) is 2.83. The molecule has 3 aromatic rings. The third-order valence-corrected chi connectivity index (χ3v) is 5.12. The number of rotatable bonds is 5. The van der Waals surface area contributed by atoms with Crippen LogP contribution in [0.1, 0.15) is 26.3 Å². The summed E-state index contributed by atoms with van der Waals surface area (Å²) >= 11 is 0. The van der Waals surface area contributed by atoms with E-state index in [0.29, 0.717) is 55.3 Å². The zero-order valence-corrected chi connectivity index (χ0v) is 17.0. The number of morpholine rings is 1. The minimum absolute atomic E-state index is 0.167. The molecule has 1 fully saturated rings. The van der Waals surface area contributed by atoms with E-state index in [9.17, 15) is 14.4 Å². The lowest BCUT2D eigenvalue weighted by molar-refractivity contribution is 0.0303. The van der Waals surface area contributed by atoms with Crippen LogP contribution in [0.15, 0.2) is 53.6 Å². The maximum atomic E-state index is 12.9. The van der Waals surface area contributed by atoms with Gasteiger partial charge in [0.05, 0.1) is 37.6 Å². The molecule has 2 aromatic heterocycles. The first-order chi connectivity index (χ1) is 15.1. The van der Waals surface area contributed by atoms with E-state index in [0.717, 1.165) is 5.56 Å². The third kappa shape index (κ3) is 4.26. The van der Waals surface area contributed by atoms with E-state index in [1.807, 2.05) is 0 Å². The number of nitrogens with zero attached hydrogens (tertiary/aromatic N) is 3. The molecule has 0 saturated carbocycles. The fourth-order valence-electron chi connectivity index (χ4n) is 3.41. The predicted octanol–water partition coefficient (Wildman–Crippen LogP) is 1.57. The Balaban J connectivity index is 1.55. The second-order valence-electron chi connectivity index (χ2n) is 7.04. The number of benzene rings is 1. The molecule has 1 amide bonds. The molecule has 1 aromatic carbocycles. The second-order valence-corrected chi connectivity index (χ2v) is 7.04. The number of hydrogen-bond acceptors (Lipinski definition) is 7. The summed E-state index contributed by atoms with van der Waals surface area (Å²) in [6.45, 7) is 2.39. The van der Waals surface area contributed by atoms with Gasteiger partial charge in [0.15, 0.2) is 5.65 Å². The highest BCUT2D eigenvalue weighted by molar-refractivity contribution is 5.99. The molecule has 0 bridgehead atoms. The average molecular weight is 422 g/mol. The van der Waals surface area contributed by atoms with Crippen molar-refractivity contribution < 1.29 is 19.1 Å². The van der Waals surface area contributed by atoms with Gasteiger partial charge in [-0.25, -0.2) is 9.78 Å². The van der Waals surface area contributed by atoms with E-state index in [-0.39, 0.29) is 11.5 Å². The zero-order valence-electron chi connectivity index (χ0n) is 17.0. The summed E-state index contributed by atoms with van der Waals surface area (Å²) in [4.78, 5) is 43.4. The number of pyridine rings is 1. The van der Waals surface area contributed by atoms with E-state index >= 15 is 0 Å². The first-order valence-corrected chi connectivity index (χ1v) is 9.87. The minimum atomic E-state index is -0.404. The SMILES string of the molecule is COC(=O)c1ccc(CNc2cnc3c(C(=O)N4CCOCC4)cccn3c2=O)cc1. The van der Waals surface area contributed by atoms with Gasteiger partial charge >= 0.3 is 5.97 Å². The molecule has 9 nitrogen and oxygen atoms in total. The highest BCUT2D eigenvalue weighted by Crippen LogP contribution is 2.14. The van der Waals surface area contributed by atoms with Gasteiger partial charge in [-0.05, 0) is 29.8 Å². The molecule has 1 aliphatic heterocycles. The summed E-state index contributed by atoms with van der Waals surface area (Å²) in [5.74, 6) is -0.571. The fraction of sp³-hybridized carbons (Fsp3) is 0.273. The van der Waals surface area contributed by atoms with Gasteiger partial charge in [0.1, 0.15) is 5.69 Å². The summed E-state index contributed by atoms with van der Waals surface area (Å²) < 4.78 is 11.4. The Labute approximate surface area is 178 Å². The molecule has 0 atom stereocenters. The van der Waals surface area contributed by atoms with Crippen molar-refractivity contribution in [1.29, 1.82) is 0 Å². The van der Waals surface area contributed by atoms with Crippen molar-refractivity contribution in [2.24, 2.45) is 0 Å². The van der Waals surface area contributed by atoms with Gasteiger partial charge in [-0.2, -0.15) is 0 Å². The van der Waals surface area contributed by atoms with Gasteiger partial charge < -0.3 is 19.7 Å². The van der Waals surface area contributed by atoms with Gasteiger partial charge in [0, 0.05) is 25.8 Å². The van der Waals surface area contributed by atoms with E-state index in [1.54, 1.807) is 47.5 Å². The van der Waals surface area contributed by atoms with Crippen LogP contribution in [0.3, 0.4) is 0 Å². The lowest BCUT2D eigenvalue weighted by Crippen LogP contribution is -2.41. The van der Waals surface area contributed by atoms with Crippen molar-refractivity contribution in [3.05, 3.63) is 75.8 Å². The van der Waals surface area contributed by atoms with E-state index in [2.05, 4.69) is 15.0 Å². The van der Waals surface area contributed by atoms with Crippen LogP contribution >= 0.6 is 0 Å². The third-order valence-electron chi connectivity index (χ3n) is 5.12. The van der Waals surface area contributed by atoms with Crippen LogP contribution < -0.4 is 10.9 Å². The van der Waals surface area contributed by atoms with E-state index in [1.165, 1.54) is 17.7 Å². The van der Waals surface area contributed by atoms with E-state index < -0.39 is 5.97 Å². The highest BCUT2D eigenvalue weighted by Gasteiger charge is 2.21. The summed E-state index contributed by atoms with van der Waals surface area (Å²) in [6.07, 6.45) is 3.04. The number of hydrogen-bond donors (Lipinski definition) is 1. The molecule has 0 spiro atoms. The molecule has 0 unspecified atom stereocenters. The van der Waals surface area contributed by atoms with Crippen molar-refractivity contribution in [3.8, 4) is 0 Å². The molecule has 160 valence electrons. The molecular weight excluding hydrogens is 400 g/mol. The van der Waals surface area contributed by atoms with Gasteiger partial charge in [-0.3, -0.25) is 14.0 Å². The first-order valence-electron chi connectivity index (χ1n) is 9.87. The van der Waals surface area contributed by atoms with E-state index in [4.69, 9.17) is 4.74 Å². The fourth-order valence-corrected chi connectivity index (χ4v) is 3.41. The number of fused-ring (bicyclic) bond motifs is 1. The molecule has 0 aliphatic carbocycles. The Morgan fingerprint density at radius 3 is 2.61 bits per heavy atom. The Morgan fingerprint density at radius 2 is 1.90 bits per heavy atom. The molecule has 31 heavy (non-hydrogen) atoms. The van der Waals surface area contributed by atoms with Crippen LogP contribution in [0.2, 0.25) is 0 Å². The molecule has 1 saturated heterocycles.